The van der Waals surface area contributed by atoms with Crippen molar-refractivity contribution in [2.24, 2.45) is 12.8 Å². The fourth-order valence-electron chi connectivity index (χ4n) is 2.07. The number of aromatic nitrogens is 2. The van der Waals surface area contributed by atoms with E-state index in [2.05, 4.69) is 18.1 Å². The Hall–Kier alpha value is -1.84. The van der Waals surface area contributed by atoms with Gasteiger partial charge >= 0.3 is 0 Å². The highest BCUT2D eigenvalue weighted by atomic mass is 35.5. The van der Waals surface area contributed by atoms with Gasteiger partial charge in [0.2, 0.25) is 0 Å². The molecule has 1 aromatic carbocycles. The Morgan fingerprint density at radius 2 is 2.05 bits per heavy atom. The van der Waals surface area contributed by atoms with Crippen LogP contribution in [0.4, 0.5) is 0 Å². The van der Waals surface area contributed by atoms with Crippen LogP contribution in [0.1, 0.15) is 11.9 Å². The number of halogens is 1. The fourth-order valence-corrected chi connectivity index (χ4v) is 2.27. The van der Waals surface area contributed by atoms with Crippen LogP contribution in [0.5, 0.6) is 0 Å². The zero-order chi connectivity index (χ0) is 14.0. The van der Waals surface area contributed by atoms with E-state index in [-0.39, 0.29) is 0 Å². The van der Waals surface area contributed by atoms with Crippen LogP contribution in [0.2, 0.25) is 0 Å². The van der Waals surface area contributed by atoms with Gasteiger partial charge in [0.25, 0.3) is 0 Å². The van der Waals surface area contributed by atoms with E-state index in [0.717, 1.165) is 22.4 Å². The third-order valence-electron chi connectivity index (χ3n) is 3.11. The maximum atomic E-state index is 6.25. The highest BCUT2D eigenvalue weighted by Crippen LogP contribution is 2.27. The summed E-state index contributed by atoms with van der Waals surface area (Å²) in [6, 6.07) is 7.45. The molecule has 2 N–H and O–H groups in total. The molecule has 0 saturated carbocycles. The number of rotatable bonds is 4. The van der Waals surface area contributed by atoms with Crippen molar-refractivity contribution in [2.75, 3.05) is 0 Å². The normalized spacial score (nSPS) is 14.1. The summed E-state index contributed by atoms with van der Waals surface area (Å²) >= 11 is 6.10. The summed E-state index contributed by atoms with van der Waals surface area (Å²) in [6.45, 7) is 7.40. The molecular formula is C15H16ClN3. The van der Waals surface area contributed by atoms with Crippen molar-refractivity contribution in [3.05, 3.63) is 66.0 Å². The standard InChI is InChI=1S/C15H16ClN3/c1-4-10(11(16)5-2)14(17)15-18-12-8-6-7-9-13(12)19(15)3/h4-9,14H,1-2,17H2,3H3/b11-10-. The number of fused-ring (bicyclic) bond motifs is 1. The SMILES string of the molecule is C=C/C(Cl)=C(\C=C)C(N)c1nc2ccccc2n1C. The van der Waals surface area contributed by atoms with Gasteiger partial charge in [0.15, 0.2) is 0 Å². The van der Waals surface area contributed by atoms with Crippen molar-refractivity contribution >= 4 is 22.6 Å². The van der Waals surface area contributed by atoms with Crippen LogP contribution in [-0.2, 0) is 7.05 Å². The maximum Gasteiger partial charge on any atom is 0.131 e. The lowest BCUT2D eigenvalue weighted by atomic mass is 10.1. The quantitative estimate of drug-likeness (QED) is 0.867. The summed E-state index contributed by atoms with van der Waals surface area (Å²) in [7, 11) is 1.94. The van der Waals surface area contributed by atoms with E-state index in [1.807, 2.05) is 35.9 Å². The number of aryl methyl sites for hydroxylation is 1. The summed E-state index contributed by atoms with van der Waals surface area (Å²) in [4.78, 5) is 4.56. The third kappa shape index (κ3) is 2.35. The number of para-hydroxylation sites is 2. The van der Waals surface area contributed by atoms with E-state index in [1.54, 1.807) is 12.2 Å². The Labute approximate surface area is 117 Å². The number of nitrogens with zero attached hydrogens (tertiary/aromatic N) is 2. The first-order valence-corrected chi connectivity index (χ1v) is 6.29. The minimum atomic E-state index is -0.430. The minimum Gasteiger partial charge on any atom is -0.330 e. The van der Waals surface area contributed by atoms with Crippen molar-refractivity contribution in [3.63, 3.8) is 0 Å². The lowest BCUT2D eigenvalue weighted by Gasteiger charge is -2.14. The molecule has 0 radical (unpaired) electrons. The first-order chi connectivity index (χ1) is 9.10. The van der Waals surface area contributed by atoms with Gasteiger partial charge in [-0.25, -0.2) is 4.98 Å². The summed E-state index contributed by atoms with van der Waals surface area (Å²) in [5.41, 5.74) is 8.91. The molecule has 1 aromatic heterocycles. The van der Waals surface area contributed by atoms with Crippen molar-refractivity contribution in [1.29, 1.82) is 0 Å². The summed E-state index contributed by atoms with van der Waals surface area (Å²) in [6.07, 6.45) is 3.20. The number of hydrogen-bond donors (Lipinski definition) is 1. The highest BCUT2D eigenvalue weighted by Gasteiger charge is 2.18. The van der Waals surface area contributed by atoms with Gasteiger partial charge in [-0.1, -0.05) is 49.0 Å². The van der Waals surface area contributed by atoms with Crippen molar-refractivity contribution in [3.8, 4) is 0 Å². The molecule has 0 spiro atoms. The van der Waals surface area contributed by atoms with Gasteiger partial charge in [0.1, 0.15) is 5.82 Å². The summed E-state index contributed by atoms with van der Waals surface area (Å²) in [5.74, 6) is 0.746. The molecule has 2 aromatic rings. The van der Waals surface area contributed by atoms with Crippen LogP contribution in [0.3, 0.4) is 0 Å². The number of allylic oxidation sites excluding steroid dienone is 2. The van der Waals surface area contributed by atoms with Gasteiger partial charge < -0.3 is 10.3 Å². The second-order valence-corrected chi connectivity index (χ2v) is 4.61. The second-order valence-electron chi connectivity index (χ2n) is 4.21. The zero-order valence-corrected chi connectivity index (χ0v) is 11.6. The Morgan fingerprint density at radius 1 is 1.37 bits per heavy atom. The smallest absolute Gasteiger partial charge is 0.131 e. The largest absolute Gasteiger partial charge is 0.330 e. The molecule has 98 valence electrons. The molecule has 0 saturated heterocycles. The molecule has 0 aliphatic heterocycles. The first kappa shape index (κ1) is 13.6. The first-order valence-electron chi connectivity index (χ1n) is 5.91. The molecule has 0 amide bonds. The Morgan fingerprint density at radius 3 is 2.63 bits per heavy atom. The van der Waals surface area contributed by atoms with Crippen molar-refractivity contribution < 1.29 is 0 Å². The Bertz CT molecular complexity index is 667. The molecule has 1 heterocycles. The van der Waals surface area contributed by atoms with Gasteiger partial charge in [-0.2, -0.15) is 0 Å². The van der Waals surface area contributed by atoms with E-state index in [9.17, 15) is 0 Å². The van der Waals surface area contributed by atoms with E-state index < -0.39 is 6.04 Å². The Kier molecular flexibility index (Phi) is 3.88. The monoisotopic (exact) mass is 273 g/mol. The molecule has 0 aliphatic carbocycles. The van der Waals surface area contributed by atoms with E-state index in [1.165, 1.54) is 0 Å². The zero-order valence-electron chi connectivity index (χ0n) is 10.8. The molecule has 4 heteroatoms. The lowest BCUT2D eigenvalue weighted by molar-refractivity contribution is 0.727. The van der Waals surface area contributed by atoms with Crippen molar-refractivity contribution in [2.45, 2.75) is 6.04 Å². The molecule has 0 fully saturated rings. The molecule has 1 atom stereocenters. The predicted molar refractivity (Wildman–Crippen MR) is 80.9 cm³/mol. The number of imidazole rings is 1. The van der Waals surface area contributed by atoms with Crippen LogP contribution < -0.4 is 5.73 Å². The lowest BCUT2D eigenvalue weighted by Crippen LogP contribution is -2.17. The molecule has 3 nitrogen and oxygen atoms in total. The van der Waals surface area contributed by atoms with Gasteiger partial charge in [-0.15, -0.1) is 0 Å². The number of benzene rings is 1. The third-order valence-corrected chi connectivity index (χ3v) is 3.48. The molecule has 19 heavy (non-hydrogen) atoms. The van der Waals surface area contributed by atoms with Gasteiger partial charge in [-0.3, -0.25) is 0 Å². The number of nitrogens with two attached hydrogens (primary N) is 1. The molecule has 0 aliphatic rings. The van der Waals surface area contributed by atoms with Crippen LogP contribution in [0.15, 0.2) is 60.2 Å². The highest BCUT2D eigenvalue weighted by molar-refractivity contribution is 6.31. The fraction of sp³-hybridized carbons (Fsp3) is 0.133. The van der Waals surface area contributed by atoms with E-state index in [0.29, 0.717) is 5.03 Å². The minimum absolute atomic E-state index is 0.430. The predicted octanol–water partition coefficient (Wildman–Crippen LogP) is 3.44. The molecular weight excluding hydrogens is 258 g/mol. The van der Waals surface area contributed by atoms with Crippen LogP contribution in [0, 0.1) is 0 Å². The van der Waals surface area contributed by atoms with Crippen molar-refractivity contribution in [1.82, 2.24) is 9.55 Å². The molecule has 1 unspecified atom stereocenters. The summed E-state index contributed by atoms with van der Waals surface area (Å²) in [5, 5.41) is 0.495. The average Bonchev–Trinajstić information content (AvgIpc) is 2.77. The van der Waals surface area contributed by atoms with Gasteiger partial charge in [0.05, 0.1) is 17.1 Å². The van der Waals surface area contributed by atoms with Crippen LogP contribution >= 0.6 is 11.6 Å². The molecule has 0 bridgehead atoms. The van der Waals surface area contributed by atoms with Crippen LogP contribution in [-0.4, -0.2) is 9.55 Å². The second kappa shape index (κ2) is 5.43. The van der Waals surface area contributed by atoms with Crippen LogP contribution in [0.25, 0.3) is 11.0 Å². The summed E-state index contributed by atoms with van der Waals surface area (Å²) < 4.78 is 1.97. The van der Waals surface area contributed by atoms with E-state index in [4.69, 9.17) is 17.3 Å². The molecule has 2 rings (SSSR count). The maximum absolute atomic E-state index is 6.25. The van der Waals surface area contributed by atoms with Gasteiger partial charge in [-0.05, 0) is 17.7 Å². The van der Waals surface area contributed by atoms with E-state index >= 15 is 0 Å². The Balaban J connectivity index is 2.58. The average molecular weight is 274 g/mol. The van der Waals surface area contributed by atoms with Gasteiger partial charge in [0, 0.05) is 12.1 Å². The number of hydrogen-bond acceptors (Lipinski definition) is 2. The topological polar surface area (TPSA) is 43.8 Å².